The number of methoxy groups -OCH3 is 1. The van der Waals surface area contributed by atoms with Crippen molar-refractivity contribution in [2.75, 3.05) is 7.11 Å². The van der Waals surface area contributed by atoms with Crippen LogP contribution in [0, 0.1) is 12.5 Å². The molecule has 1 aromatic rings. The van der Waals surface area contributed by atoms with Gasteiger partial charge in [-0.3, -0.25) is 4.85 Å². The second-order valence-electron chi connectivity index (χ2n) is 5.56. The molecule has 3 rings (SSSR count). The van der Waals surface area contributed by atoms with Gasteiger partial charge in [-0.1, -0.05) is 17.7 Å². The Labute approximate surface area is 119 Å². The molecule has 0 amide bonds. The van der Waals surface area contributed by atoms with Crippen molar-refractivity contribution in [3.05, 3.63) is 58.1 Å². The molecule has 102 valence electrons. The predicted octanol–water partition coefficient (Wildman–Crippen LogP) is 3.67. The maximum atomic E-state index is 7.82. The molecule has 3 heteroatoms. The third-order valence-corrected chi connectivity index (χ3v) is 4.42. The Kier molecular flexibility index (Phi) is 2.90. The molecule has 0 aromatic carbocycles. The van der Waals surface area contributed by atoms with E-state index in [4.69, 9.17) is 11.3 Å². The zero-order chi connectivity index (χ0) is 14.3. The number of hydrogen-bond donors (Lipinski definition) is 0. The molecular weight excluding hydrogens is 248 g/mol. The summed E-state index contributed by atoms with van der Waals surface area (Å²) >= 11 is 0. The SMILES string of the molecule is [C-]#[N+]C12CC(C)=C[C@H](Cc3nc(OC)ccc31)C2=CC. The van der Waals surface area contributed by atoms with E-state index in [0.29, 0.717) is 11.8 Å². The van der Waals surface area contributed by atoms with E-state index in [0.717, 1.165) is 24.1 Å². The minimum absolute atomic E-state index is 0.301. The molecule has 0 saturated heterocycles. The van der Waals surface area contributed by atoms with Gasteiger partial charge in [0, 0.05) is 24.0 Å². The Morgan fingerprint density at radius 3 is 2.95 bits per heavy atom. The van der Waals surface area contributed by atoms with Crippen molar-refractivity contribution in [2.24, 2.45) is 5.92 Å². The van der Waals surface area contributed by atoms with Gasteiger partial charge in [-0.2, -0.15) is 0 Å². The van der Waals surface area contributed by atoms with Gasteiger partial charge in [-0.25, -0.2) is 11.6 Å². The second-order valence-corrected chi connectivity index (χ2v) is 5.56. The maximum absolute atomic E-state index is 7.82. The third-order valence-electron chi connectivity index (χ3n) is 4.42. The smallest absolute Gasteiger partial charge is 0.284 e. The van der Waals surface area contributed by atoms with Crippen molar-refractivity contribution in [3.8, 4) is 5.88 Å². The van der Waals surface area contributed by atoms with Crippen LogP contribution in [0.25, 0.3) is 4.85 Å². The lowest BCUT2D eigenvalue weighted by atomic mass is 9.63. The summed E-state index contributed by atoms with van der Waals surface area (Å²) in [6, 6.07) is 3.89. The van der Waals surface area contributed by atoms with Gasteiger partial charge >= 0.3 is 0 Å². The zero-order valence-corrected chi connectivity index (χ0v) is 12.1. The normalized spacial score (nSPS) is 29.4. The molecule has 0 radical (unpaired) electrons. The fraction of sp³-hybridized carbons (Fsp3) is 0.412. The highest BCUT2D eigenvalue weighted by Crippen LogP contribution is 2.52. The Balaban J connectivity index is 2.27. The number of hydrogen-bond acceptors (Lipinski definition) is 2. The van der Waals surface area contributed by atoms with Crippen molar-refractivity contribution in [2.45, 2.75) is 32.2 Å². The molecular formula is C17H18N2O. The minimum Gasteiger partial charge on any atom is -0.481 e. The van der Waals surface area contributed by atoms with Crippen molar-refractivity contribution in [1.29, 1.82) is 0 Å². The van der Waals surface area contributed by atoms with E-state index in [2.05, 4.69) is 28.9 Å². The lowest BCUT2D eigenvalue weighted by Crippen LogP contribution is -2.38. The third kappa shape index (κ3) is 1.61. The molecule has 3 nitrogen and oxygen atoms in total. The quantitative estimate of drug-likeness (QED) is 0.572. The van der Waals surface area contributed by atoms with E-state index in [1.54, 1.807) is 7.11 Å². The first-order valence-corrected chi connectivity index (χ1v) is 6.91. The highest BCUT2D eigenvalue weighted by molar-refractivity contribution is 5.53. The first-order chi connectivity index (χ1) is 9.64. The highest BCUT2D eigenvalue weighted by Gasteiger charge is 2.52. The molecule has 1 heterocycles. The van der Waals surface area contributed by atoms with E-state index in [1.165, 1.54) is 11.1 Å². The molecule has 1 aromatic heterocycles. The molecule has 0 saturated carbocycles. The van der Waals surface area contributed by atoms with Crippen LogP contribution in [0.15, 0.2) is 35.4 Å². The van der Waals surface area contributed by atoms with Crippen LogP contribution >= 0.6 is 0 Å². The van der Waals surface area contributed by atoms with E-state index in [9.17, 15) is 0 Å². The first-order valence-electron chi connectivity index (χ1n) is 6.91. The summed E-state index contributed by atoms with van der Waals surface area (Å²) in [6.45, 7) is 12.0. The highest BCUT2D eigenvalue weighted by atomic mass is 16.5. The van der Waals surface area contributed by atoms with Gasteiger partial charge in [0.05, 0.1) is 24.8 Å². The van der Waals surface area contributed by atoms with Crippen molar-refractivity contribution in [3.63, 3.8) is 0 Å². The molecule has 2 bridgehead atoms. The van der Waals surface area contributed by atoms with E-state index < -0.39 is 5.54 Å². The molecule has 20 heavy (non-hydrogen) atoms. The average molecular weight is 266 g/mol. The Hall–Kier alpha value is -2.08. The molecule has 2 aliphatic carbocycles. The lowest BCUT2D eigenvalue weighted by molar-refractivity contribution is 0.389. The van der Waals surface area contributed by atoms with E-state index >= 15 is 0 Å². The van der Waals surface area contributed by atoms with Crippen molar-refractivity contribution >= 4 is 0 Å². The number of fused-ring (bicyclic) bond motifs is 4. The fourth-order valence-corrected chi connectivity index (χ4v) is 3.68. The van der Waals surface area contributed by atoms with Crippen LogP contribution in [0.4, 0.5) is 0 Å². The monoisotopic (exact) mass is 266 g/mol. The van der Waals surface area contributed by atoms with Crippen LogP contribution in [0.5, 0.6) is 5.88 Å². The summed E-state index contributed by atoms with van der Waals surface area (Å²) in [5.74, 6) is 0.932. The van der Waals surface area contributed by atoms with Gasteiger partial charge in [-0.15, -0.1) is 0 Å². The molecule has 1 unspecified atom stereocenters. The molecule has 0 fully saturated rings. The summed E-state index contributed by atoms with van der Waals surface area (Å²) in [4.78, 5) is 8.64. The summed E-state index contributed by atoms with van der Waals surface area (Å²) < 4.78 is 5.22. The first kappa shape index (κ1) is 12.9. The molecule has 2 atom stereocenters. The standard InChI is InChI=1S/C17H18N2O/c1-5-13-12-8-11(2)10-17(13,18-3)14-6-7-16(20-4)19-15(14)9-12/h5-8,12H,9-10H2,1-2,4H3/t12-,17?/m1/s1. The summed E-state index contributed by atoms with van der Waals surface area (Å²) in [6.07, 6.45) is 6.05. The fourth-order valence-electron chi connectivity index (χ4n) is 3.68. The van der Waals surface area contributed by atoms with Gasteiger partial charge in [0.1, 0.15) is 0 Å². The predicted molar refractivity (Wildman–Crippen MR) is 78.4 cm³/mol. The van der Waals surface area contributed by atoms with Crippen molar-refractivity contribution < 1.29 is 4.74 Å². The number of aromatic nitrogens is 1. The van der Waals surface area contributed by atoms with Crippen LogP contribution in [0.2, 0.25) is 0 Å². The number of nitrogens with zero attached hydrogens (tertiary/aromatic N) is 2. The van der Waals surface area contributed by atoms with Gasteiger partial charge in [0.15, 0.2) is 0 Å². The van der Waals surface area contributed by atoms with Crippen LogP contribution in [-0.4, -0.2) is 12.1 Å². The Morgan fingerprint density at radius 1 is 1.50 bits per heavy atom. The average Bonchev–Trinajstić information content (AvgIpc) is 2.45. The number of rotatable bonds is 1. The van der Waals surface area contributed by atoms with Gasteiger partial charge < -0.3 is 4.74 Å². The zero-order valence-electron chi connectivity index (χ0n) is 12.1. The van der Waals surface area contributed by atoms with Crippen LogP contribution in [-0.2, 0) is 12.0 Å². The minimum atomic E-state index is -0.550. The Bertz CT molecular complexity index is 666. The topological polar surface area (TPSA) is 26.5 Å². The second kappa shape index (κ2) is 4.49. The van der Waals surface area contributed by atoms with Crippen LogP contribution in [0.3, 0.4) is 0 Å². The van der Waals surface area contributed by atoms with Crippen LogP contribution in [0.1, 0.15) is 31.5 Å². The number of ether oxygens (including phenoxy) is 1. The van der Waals surface area contributed by atoms with Crippen LogP contribution < -0.4 is 4.74 Å². The summed E-state index contributed by atoms with van der Waals surface area (Å²) in [5.41, 5.74) is 4.06. The maximum Gasteiger partial charge on any atom is 0.284 e. The molecule has 0 spiro atoms. The summed E-state index contributed by atoms with van der Waals surface area (Å²) in [7, 11) is 1.63. The Morgan fingerprint density at radius 2 is 2.30 bits per heavy atom. The van der Waals surface area contributed by atoms with Gasteiger partial charge in [-0.05, 0) is 19.9 Å². The number of allylic oxidation sites excluding steroid dienone is 2. The van der Waals surface area contributed by atoms with Gasteiger partial charge in [0.2, 0.25) is 5.88 Å². The number of pyridine rings is 1. The van der Waals surface area contributed by atoms with Gasteiger partial charge in [0.25, 0.3) is 5.54 Å². The lowest BCUT2D eigenvalue weighted by Gasteiger charge is -2.38. The van der Waals surface area contributed by atoms with Crippen molar-refractivity contribution in [1.82, 2.24) is 4.98 Å². The van der Waals surface area contributed by atoms with E-state index in [1.807, 2.05) is 19.1 Å². The summed E-state index contributed by atoms with van der Waals surface area (Å²) in [5, 5.41) is 0. The molecule has 0 aliphatic heterocycles. The molecule has 0 N–H and O–H groups in total. The van der Waals surface area contributed by atoms with E-state index in [-0.39, 0.29) is 0 Å². The molecule has 2 aliphatic rings. The largest absolute Gasteiger partial charge is 0.481 e.